The summed E-state index contributed by atoms with van der Waals surface area (Å²) in [7, 11) is 1.45. The molecule has 0 aromatic rings. The maximum Gasteiger partial charge on any atom is 0.319 e. The van der Waals surface area contributed by atoms with Gasteiger partial charge in [-0.2, -0.15) is 0 Å². The molecule has 3 unspecified atom stereocenters. The minimum Gasteiger partial charge on any atom is -0.468 e. The molecular formula is C11H21NO2. The number of carbonyl (C=O) groups excluding carboxylic acids is 1. The lowest BCUT2D eigenvalue weighted by Gasteiger charge is -2.40. The smallest absolute Gasteiger partial charge is 0.319 e. The fourth-order valence-corrected chi connectivity index (χ4v) is 2.27. The summed E-state index contributed by atoms with van der Waals surface area (Å²) in [6.07, 6.45) is 1.26. The van der Waals surface area contributed by atoms with Crippen molar-refractivity contribution < 1.29 is 9.53 Å². The van der Waals surface area contributed by atoms with Gasteiger partial charge in [-0.3, -0.25) is 9.69 Å². The first kappa shape index (κ1) is 11.5. The maximum absolute atomic E-state index is 11.2. The SMILES string of the molecule is COC(=O)CN1CC(C)CC(C)C1C. The van der Waals surface area contributed by atoms with Gasteiger partial charge in [0.25, 0.3) is 0 Å². The van der Waals surface area contributed by atoms with Crippen molar-refractivity contribution in [1.29, 1.82) is 0 Å². The number of piperidine rings is 1. The van der Waals surface area contributed by atoms with E-state index < -0.39 is 0 Å². The molecule has 0 aromatic heterocycles. The van der Waals surface area contributed by atoms with Crippen LogP contribution in [0.5, 0.6) is 0 Å². The minimum atomic E-state index is -0.127. The van der Waals surface area contributed by atoms with Crippen molar-refractivity contribution in [2.24, 2.45) is 11.8 Å². The van der Waals surface area contributed by atoms with Gasteiger partial charge in [0.05, 0.1) is 13.7 Å². The third-order valence-electron chi connectivity index (χ3n) is 3.28. The third kappa shape index (κ3) is 2.71. The van der Waals surface area contributed by atoms with Gasteiger partial charge >= 0.3 is 5.97 Å². The van der Waals surface area contributed by atoms with E-state index in [1.807, 2.05) is 0 Å². The van der Waals surface area contributed by atoms with Crippen LogP contribution in [0.3, 0.4) is 0 Å². The minimum absolute atomic E-state index is 0.127. The summed E-state index contributed by atoms with van der Waals surface area (Å²) in [6, 6.07) is 0.491. The van der Waals surface area contributed by atoms with E-state index in [0.29, 0.717) is 24.4 Å². The molecule has 0 aliphatic carbocycles. The van der Waals surface area contributed by atoms with E-state index in [-0.39, 0.29) is 5.97 Å². The second-order valence-corrected chi connectivity index (χ2v) is 4.56. The molecule has 0 saturated carbocycles. The number of rotatable bonds is 2. The van der Waals surface area contributed by atoms with Crippen molar-refractivity contribution in [1.82, 2.24) is 4.90 Å². The molecule has 1 aliphatic rings. The second-order valence-electron chi connectivity index (χ2n) is 4.56. The van der Waals surface area contributed by atoms with Crippen LogP contribution in [0.4, 0.5) is 0 Å². The summed E-state index contributed by atoms with van der Waals surface area (Å²) >= 11 is 0. The van der Waals surface area contributed by atoms with Crippen LogP contribution in [0.2, 0.25) is 0 Å². The largest absolute Gasteiger partial charge is 0.468 e. The number of carbonyl (C=O) groups is 1. The summed E-state index contributed by atoms with van der Waals surface area (Å²) in [5.41, 5.74) is 0. The Morgan fingerprint density at radius 2 is 2.07 bits per heavy atom. The van der Waals surface area contributed by atoms with E-state index in [0.717, 1.165) is 6.54 Å². The Hall–Kier alpha value is -0.570. The number of hydrogen-bond donors (Lipinski definition) is 0. The Bertz CT molecular complexity index is 205. The molecule has 3 atom stereocenters. The fourth-order valence-electron chi connectivity index (χ4n) is 2.27. The van der Waals surface area contributed by atoms with Crippen molar-refractivity contribution in [3.05, 3.63) is 0 Å². The van der Waals surface area contributed by atoms with Gasteiger partial charge in [0.1, 0.15) is 0 Å². The van der Waals surface area contributed by atoms with E-state index in [2.05, 4.69) is 25.7 Å². The van der Waals surface area contributed by atoms with Crippen LogP contribution in [-0.2, 0) is 9.53 Å². The Morgan fingerprint density at radius 3 is 2.64 bits per heavy atom. The van der Waals surface area contributed by atoms with E-state index in [4.69, 9.17) is 4.74 Å². The lowest BCUT2D eigenvalue weighted by Crippen LogP contribution is -2.47. The number of ether oxygens (including phenoxy) is 1. The first-order valence-electron chi connectivity index (χ1n) is 5.35. The third-order valence-corrected chi connectivity index (χ3v) is 3.28. The molecule has 14 heavy (non-hydrogen) atoms. The Kier molecular flexibility index (Phi) is 3.93. The number of esters is 1. The van der Waals surface area contributed by atoms with Crippen molar-refractivity contribution in [2.75, 3.05) is 20.2 Å². The van der Waals surface area contributed by atoms with Gasteiger partial charge in [-0.1, -0.05) is 13.8 Å². The molecule has 0 amide bonds. The van der Waals surface area contributed by atoms with Gasteiger partial charge in [0.15, 0.2) is 0 Å². The fraction of sp³-hybridized carbons (Fsp3) is 0.909. The summed E-state index contributed by atoms with van der Waals surface area (Å²) in [4.78, 5) is 13.4. The van der Waals surface area contributed by atoms with Crippen molar-refractivity contribution in [3.8, 4) is 0 Å². The molecule has 1 saturated heterocycles. The molecule has 3 nitrogen and oxygen atoms in total. The molecule has 0 spiro atoms. The second kappa shape index (κ2) is 4.78. The average Bonchev–Trinajstić information content (AvgIpc) is 2.13. The van der Waals surface area contributed by atoms with E-state index in [1.165, 1.54) is 13.5 Å². The number of nitrogens with zero attached hydrogens (tertiary/aromatic N) is 1. The van der Waals surface area contributed by atoms with E-state index in [9.17, 15) is 4.79 Å². The molecule has 0 aromatic carbocycles. The molecule has 0 N–H and O–H groups in total. The normalized spacial score (nSPS) is 34.1. The number of likely N-dealkylation sites (tertiary alicyclic amines) is 1. The summed E-state index contributed by atoms with van der Waals surface area (Å²) in [6.45, 7) is 8.14. The molecule has 0 radical (unpaired) electrons. The first-order valence-corrected chi connectivity index (χ1v) is 5.35. The molecule has 82 valence electrons. The van der Waals surface area contributed by atoms with Crippen molar-refractivity contribution >= 4 is 5.97 Å². The topological polar surface area (TPSA) is 29.5 Å². The first-order chi connectivity index (χ1) is 6.54. The molecule has 3 heteroatoms. The van der Waals surface area contributed by atoms with Gasteiger partial charge in [-0.25, -0.2) is 0 Å². The highest BCUT2D eigenvalue weighted by molar-refractivity contribution is 5.71. The maximum atomic E-state index is 11.2. The van der Waals surface area contributed by atoms with Crippen LogP contribution in [0.25, 0.3) is 0 Å². The van der Waals surface area contributed by atoms with Crippen LogP contribution < -0.4 is 0 Å². The molecule has 0 bridgehead atoms. The average molecular weight is 199 g/mol. The quantitative estimate of drug-likeness (QED) is 0.632. The predicted molar refractivity (Wildman–Crippen MR) is 56.0 cm³/mol. The van der Waals surface area contributed by atoms with E-state index >= 15 is 0 Å². The molecule has 1 aliphatic heterocycles. The standard InChI is InChI=1S/C11H21NO2/c1-8-5-9(2)10(3)12(6-8)7-11(13)14-4/h8-10H,5-7H2,1-4H3. The Morgan fingerprint density at radius 1 is 1.43 bits per heavy atom. The highest BCUT2D eigenvalue weighted by atomic mass is 16.5. The highest BCUT2D eigenvalue weighted by Gasteiger charge is 2.29. The van der Waals surface area contributed by atoms with Crippen molar-refractivity contribution in [2.45, 2.75) is 33.2 Å². The van der Waals surface area contributed by atoms with Gasteiger partial charge in [-0.05, 0) is 25.2 Å². The van der Waals surface area contributed by atoms with Gasteiger partial charge < -0.3 is 4.74 Å². The zero-order chi connectivity index (χ0) is 10.7. The summed E-state index contributed by atoms with van der Waals surface area (Å²) < 4.78 is 4.69. The highest BCUT2D eigenvalue weighted by Crippen LogP contribution is 2.26. The monoisotopic (exact) mass is 199 g/mol. The number of hydrogen-bond acceptors (Lipinski definition) is 3. The van der Waals surface area contributed by atoms with Crippen LogP contribution >= 0.6 is 0 Å². The molecular weight excluding hydrogens is 178 g/mol. The zero-order valence-electron chi connectivity index (χ0n) is 9.62. The lowest BCUT2D eigenvalue weighted by atomic mass is 9.86. The van der Waals surface area contributed by atoms with Crippen LogP contribution in [0.15, 0.2) is 0 Å². The predicted octanol–water partition coefficient (Wildman–Crippen LogP) is 1.53. The molecule has 1 rings (SSSR count). The van der Waals surface area contributed by atoms with Crippen LogP contribution in [-0.4, -0.2) is 37.1 Å². The van der Waals surface area contributed by atoms with Gasteiger partial charge in [0, 0.05) is 12.6 Å². The van der Waals surface area contributed by atoms with E-state index in [1.54, 1.807) is 0 Å². The Balaban J connectivity index is 2.53. The zero-order valence-corrected chi connectivity index (χ0v) is 9.62. The summed E-state index contributed by atoms with van der Waals surface area (Å²) in [5.74, 6) is 1.23. The molecule has 1 fully saturated rings. The summed E-state index contributed by atoms with van der Waals surface area (Å²) in [5, 5.41) is 0. The number of methoxy groups -OCH3 is 1. The van der Waals surface area contributed by atoms with Gasteiger partial charge in [0.2, 0.25) is 0 Å². The van der Waals surface area contributed by atoms with Crippen LogP contribution in [0.1, 0.15) is 27.2 Å². The Labute approximate surface area is 86.4 Å². The van der Waals surface area contributed by atoms with Crippen molar-refractivity contribution in [3.63, 3.8) is 0 Å². The lowest BCUT2D eigenvalue weighted by molar-refractivity contribution is -0.143. The molecule has 1 heterocycles. The van der Waals surface area contributed by atoms with Crippen LogP contribution in [0, 0.1) is 11.8 Å². The van der Waals surface area contributed by atoms with Gasteiger partial charge in [-0.15, -0.1) is 0 Å².